The fourth-order valence-corrected chi connectivity index (χ4v) is 3.20. The van der Waals surface area contributed by atoms with Gasteiger partial charge in [0.25, 0.3) is 5.91 Å². The molecule has 8 nitrogen and oxygen atoms in total. The highest BCUT2D eigenvalue weighted by molar-refractivity contribution is 5.95. The van der Waals surface area contributed by atoms with Crippen LogP contribution in [0.4, 0.5) is 0 Å². The Balaban J connectivity index is 1.67. The second-order valence-electron chi connectivity index (χ2n) is 7.08. The first-order valence-electron chi connectivity index (χ1n) is 9.87. The van der Waals surface area contributed by atoms with Gasteiger partial charge >= 0.3 is 0 Å². The number of nitrogens with one attached hydrogen (secondary N) is 2. The molecule has 2 unspecified atom stereocenters. The molecule has 0 saturated carbocycles. The summed E-state index contributed by atoms with van der Waals surface area (Å²) in [6.07, 6.45) is 14.2. The van der Waals surface area contributed by atoms with Gasteiger partial charge in [0.15, 0.2) is 0 Å². The fourth-order valence-electron chi connectivity index (χ4n) is 3.20. The molecule has 160 valence electrons. The van der Waals surface area contributed by atoms with Crippen LogP contribution in [-0.4, -0.2) is 66.8 Å². The van der Waals surface area contributed by atoms with Gasteiger partial charge in [0.2, 0.25) is 0 Å². The summed E-state index contributed by atoms with van der Waals surface area (Å²) in [6, 6.07) is 0. The van der Waals surface area contributed by atoms with Gasteiger partial charge in [0.05, 0.1) is 24.5 Å². The minimum atomic E-state index is -0.257. The van der Waals surface area contributed by atoms with E-state index in [9.17, 15) is 4.79 Å². The molecule has 0 aromatic carbocycles. The highest BCUT2D eigenvalue weighted by atomic mass is 16.5. The van der Waals surface area contributed by atoms with Crippen molar-refractivity contribution in [3.8, 4) is 0 Å². The van der Waals surface area contributed by atoms with Crippen LogP contribution in [0.15, 0.2) is 66.7 Å². The van der Waals surface area contributed by atoms with Crippen LogP contribution >= 0.6 is 0 Å². The zero-order valence-corrected chi connectivity index (χ0v) is 17.7. The minimum Gasteiger partial charge on any atom is -0.371 e. The van der Waals surface area contributed by atoms with Crippen molar-refractivity contribution >= 4 is 11.7 Å². The zero-order chi connectivity index (χ0) is 21.5. The molecule has 1 fully saturated rings. The summed E-state index contributed by atoms with van der Waals surface area (Å²) in [5.41, 5.74) is 2.13. The van der Waals surface area contributed by atoms with Crippen LogP contribution in [0, 0.1) is 0 Å². The first kappa shape index (κ1) is 21.8. The number of nitrogens with zero attached hydrogens (tertiary/aromatic N) is 3. The molecule has 1 aromatic heterocycles. The quantitative estimate of drug-likeness (QED) is 0.667. The van der Waals surface area contributed by atoms with Crippen molar-refractivity contribution in [1.82, 2.24) is 25.3 Å². The monoisotopic (exact) mass is 411 g/mol. The lowest BCUT2D eigenvalue weighted by Gasteiger charge is -2.30. The Hall–Kier alpha value is -2.94. The van der Waals surface area contributed by atoms with Gasteiger partial charge in [-0.2, -0.15) is 5.10 Å². The number of likely N-dealkylation sites (N-methyl/N-ethyl adjacent to an activating group) is 1. The summed E-state index contributed by atoms with van der Waals surface area (Å²) in [5.74, 6) is 0.550. The molecule has 3 rings (SSSR count). The van der Waals surface area contributed by atoms with Crippen molar-refractivity contribution in [2.75, 3.05) is 33.9 Å². The Labute approximate surface area is 177 Å². The highest BCUT2D eigenvalue weighted by Crippen LogP contribution is 2.19. The van der Waals surface area contributed by atoms with Crippen molar-refractivity contribution in [2.45, 2.75) is 19.3 Å². The topological polar surface area (TPSA) is 80.7 Å². The van der Waals surface area contributed by atoms with Crippen molar-refractivity contribution in [2.24, 2.45) is 0 Å². The normalized spacial score (nSPS) is 22.6. The number of allylic oxidation sites excluding steroid dienone is 5. The second-order valence-corrected chi connectivity index (χ2v) is 7.08. The Morgan fingerprint density at radius 2 is 2.30 bits per heavy atom. The number of ether oxygens (including phenoxy) is 2. The van der Waals surface area contributed by atoms with E-state index >= 15 is 0 Å². The molecule has 2 aliphatic rings. The van der Waals surface area contributed by atoms with Gasteiger partial charge < -0.3 is 25.0 Å². The smallest absolute Gasteiger partial charge is 0.258 e. The molecular formula is C22H29N5O3. The molecule has 1 amide bonds. The SMILES string of the molecule is C=C/C(=C\C=C(/C)C1CNCCO1)NC(=O)c1cnn(C2=CC=CC(OC)N2C)c1. The molecule has 0 spiro atoms. The van der Waals surface area contributed by atoms with E-state index < -0.39 is 0 Å². The molecule has 0 radical (unpaired) electrons. The summed E-state index contributed by atoms with van der Waals surface area (Å²) in [6.45, 7) is 8.15. The lowest BCUT2D eigenvalue weighted by molar-refractivity contribution is 0.0474. The Kier molecular flexibility index (Phi) is 7.40. The molecular weight excluding hydrogens is 382 g/mol. The predicted molar refractivity (Wildman–Crippen MR) is 116 cm³/mol. The van der Waals surface area contributed by atoms with Gasteiger partial charge in [0.1, 0.15) is 12.0 Å². The summed E-state index contributed by atoms with van der Waals surface area (Å²) < 4.78 is 12.8. The van der Waals surface area contributed by atoms with Gasteiger partial charge in [-0.1, -0.05) is 18.7 Å². The zero-order valence-electron chi connectivity index (χ0n) is 17.7. The molecule has 1 aromatic rings. The maximum absolute atomic E-state index is 12.7. The first-order chi connectivity index (χ1) is 14.5. The number of morpholine rings is 1. The molecule has 2 N–H and O–H groups in total. The van der Waals surface area contributed by atoms with Crippen LogP contribution < -0.4 is 10.6 Å². The van der Waals surface area contributed by atoms with Gasteiger partial charge in [-0.05, 0) is 36.8 Å². The van der Waals surface area contributed by atoms with E-state index in [1.54, 1.807) is 24.1 Å². The number of rotatable bonds is 7. The van der Waals surface area contributed by atoms with E-state index in [4.69, 9.17) is 9.47 Å². The van der Waals surface area contributed by atoms with E-state index in [1.165, 1.54) is 6.20 Å². The Morgan fingerprint density at radius 3 is 3.00 bits per heavy atom. The molecule has 0 aliphatic carbocycles. The third kappa shape index (κ3) is 5.15. The van der Waals surface area contributed by atoms with E-state index in [0.29, 0.717) is 17.9 Å². The van der Waals surface area contributed by atoms with Gasteiger partial charge in [0, 0.05) is 39.1 Å². The lowest BCUT2D eigenvalue weighted by atomic mass is 10.1. The van der Waals surface area contributed by atoms with Crippen molar-refractivity contribution in [3.05, 3.63) is 72.3 Å². The standard InChI is InChI=1S/C22H29N5O3/c1-5-18(10-9-16(2)19-14-23-11-12-30-19)25-22(28)17-13-24-27(15-17)20-7-6-8-21(29-4)26(20)3/h5-10,13,15,19,21,23H,1,11-12,14H2,2-4H3,(H,25,28)/b16-9+,18-10+. The van der Waals surface area contributed by atoms with Gasteiger partial charge in [-0.15, -0.1) is 0 Å². The third-order valence-corrected chi connectivity index (χ3v) is 5.02. The summed E-state index contributed by atoms with van der Waals surface area (Å²) >= 11 is 0. The van der Waals surface area contributed by atoms with Crippen LogP contribution in [-0.2, 0) is 9.47 Å². The van der Waals surface area contributed by atoms with Crippen molar-refractivity contribution in [1.29, 1.82) is 0 Å². The number of carbonyl (C=O) groups excluding carboxylic acids is 1. The predicted octanol–water partition coefficient (Wildman–Crippen LogP) is 1.89. The number of amides is 1. The number of hydrogen-bond acceptors (Lipinski definition) is 6. The van der Waals surface area contributed by atoms with Crippen LogP contribution in [0.5, 0.6) is 0 Å². The molecule has 0 bridgehead atoms. The van der Waals surface area contributed by atoms with E-state index in [2.05, 4.69) is 22.3 Å². The van der Waals surface area contributed by atoms with Crippen LogP contribution in [0.1, 0.15) is 17.3 Å². The fraction of sp³-hybridized carbons (Fsp3) is 0.364. The molecule has 8 heteroatoms. The van der Waals surface area contributed by atoms with Crippen LogP contribution in [0.3, 0.4) is 0 Å². The summed E-state index contributed by atoms with van der Waals surface area (Å²) in [4.78, 5) is 14.6. The van der Waals surface area contributed by atoms with E-state index in [0.717, 1.165) is 24.5 Å². The number of methoxy groups -OCH3 is 1. The van der Waals surface area contributed by atoms with Gasteiger partial charge in [-0.25, -0.2) is 4.68 Å². The average molecular weight is 412 g/mol. The maximum atomic E-state index is 12.7. The Bertz CT molecular complexity index is 890. The lowest BCUT2D eigenvalue weighted by Crippen LogP contribution is -2.39. The van der Waals surface area contributed by atoms with Crippen molar-refractivity contribution in [3.63, 3.8) is 0 Å². The minimum absolute atomic E-state index is 0.0423. The summed E-state index contributed by atoms with van der Waals surface area (Å²) in [7, 11) is 3.55. The largest absolute Gasteiger partial charge is 0.371 e. The van der Waals surface area contributed by atoms with Crippen LogP contribution in [0.2, 0.25) is 0 Å². The van der Waals surface area contributed by atoms with Crippen molar-refractivity contribution < 1.29 is 14.3 Å². The summed E-state index contributed by atoms with van der Waals surface area (Å²) in [5, 5.41) is 10.5. The Morgan fingerprint density at radius 1 is 1.47 bits per heavy atom. The van der Waals surface area contributed by atoms with E-state index in [1.807, 2.05) is 49.3 Å². The molecule has 30 heavy (non-hydrogen) atoms. The molecule has 3 heterocycles. The second kappa shape index (κ2) is 10.2. The highest BCUT2D eigenvalue weighted by Gasteiger charge is 2.20. The third-order valence-electron chi connectivity index (χ3n) is 5.02. The number of aromatic nitrogens is 2. The molecule has 1 saturated heterocycles. The van der Waals surface area contributed by atoms with Gasteiger partial charge in [-0.3, -0.25) is 4.79 Å². The number of hydrogen-bond donors (Lipinski definition) is 2. The molecule has 2 atom stereocenters. The van der Waals surface area contributed by atoms with E-state index in [-0.39, 0.29) is 18.2 Å². The number of carbonyl (C=O) groups is 1. The van der Waals surface area contributed by atoms with Crippen LogP contribution in [0.25, 0.3) is 5.82 Å². The first-order valence-corrected chi connectivity index (χ1v) is 9.87. The molecule has 2 aliphatic heterocycles. The average Bonchev–Trinajstić information content (AvgIpc) is 3.27. The maximum Gasteiger partial charge on any atom is 0.258 e.